The maximum absolute atomic E-state index is 11.1. The van der Waals surface area contributed by atoms with Crippen LogP contribution in [0.5, 0.6) is 0 Å². The van der Waals surface area contributed by atoms with Gasteiger partial charge in [-0.15, -0.1) is 0 Å². The SMILES string of the molecule is Cc1cc(=O)cc(C)n1CCC#N. The number of aromatic nitrogens is 1. The second kappa shape index (κ2) is 3.90. The minimum Gasteiger partial charge on any atom is -0.348 e. The Morgan fingerprint density at radius 1 is 1.38 bits per heavy atom. The van der Waals surface area contributed by atoms with Crippen LogP contribution in [0.25, 0.3) is 0 Å². The number of nitrogens with zero attached hydrogens (tertiary/aromatic N) is 2. The Kier molecular flexibility index (Phi) is 2.86. The van der Waals surface area contributed by atoms with Crippen molar-refractivity contribution in [2.45, 2.75) is 26.8 Å². The van der Waals surface area contributed by atoms with Gasteiger partial charge in [0.05, 0.1) is 12.5 Å². The van der Waals surface area contributed by atoms with Crippen molar-refractivity contribution in [1.82, 2.24) is 4.57 Å². The van der Waals surface area contributed by atoms with E-state index in [1.807, 2.05) is 18.4 Å². The van der Waals surface area contributed by atoms with Crippen LogP contribution in [0.2, 0.25) is 0 Å². The molecular weight excluding hydrogens is 164 g/mol. The van der Waals surface area contributed by atoms with E-state index in [9.17, 15) is 4.79 Å². The zero-order valence-corrected chi connectivity index (χ0v) is 7.87. The molecule has 0 bridgehead atoms. The smallest absolute Gasteiger partial charge is 0.182 e. The summed E-state index contributed by atoms with van der Waals surface area (Å²) in [6.45, 7) is 4.42. The van der Waals surface area contributed by atoms with E-state index in [-0.39, 0.29) is 5.43 Å². The predicted molar refractivity (Wildman–Crippen MR) is 50.4 cm³/mol. The molecule has 3 nitrogen and oxygen atoms in total. The van der Waals surface area contributed by atoms with Crippen molar-refractivity contribution in [2.75, 3.05) is 0 Å². The molecule has 0 aliphatic carbocycles. The third kappa shape index (κ3) is 2.19. The topological polar surface area (TPSA) is 45.8 Å². The Morgan fingerprint density at radius 2 is 1.92 bits per heavy atom. The number of hydrogen-bond acceptors (Lipinski definition) is 2. The first-order valence-electron chi connectivity index (χ1n) is 4.20. The van der Waals surface area contributed by atoms with Gasteiger partial charge in [-0.25, -0.2) is 0 Å². The molecule has 1 aromatic rings. The lowest BCUT2D eigenvalue weighted by molar-refractivity contribution is 0.664. The Bertz CT molecular complexity index is 372. The molecule has 0 radical (unpaired) electrons. The van der Waals surface area contributed by atoms with Crippen molar-refractivity contribution in [3.63, 3.8) is 0 Å². The van der Waals surface area contributed by atoms with E-state index in [0.29, 0.717) is 13.0 Å². The van der Waals surface area contributed by atoms with Crippen molar-refractivity contribution >= 4 is 0 Å². The molecule has 13 heavy (non-hydrogen) atoms. The zero-order valence-electron chi connectivity index (χ0n) is 7.87. The molecule has 0 amide bonds. The Balaban J connectivity index is 3.07. The van der Waals surface area contributed by atoms with Crippen molar-refractivity contribution in [3.8, 4) is 6.07 Å². The lowest BCUT2D eigenvalue weighted by Crippen LogP contribution is -2.12. The lowest BCUT2D eigenvalue weighted by Gasteiger charge is -2.11. The van der Waals surface area contributed by atoms with Gasteiger partial charge in [0.15, 0.2) is 5.43 Å². The summed E-state index contributed by atoms with van der Waals surface area (Å²) in [5, 5.41) is 8.44. The average Bonchev–Trinajstić information content (AvgIpc) is 2.02. The maximum atomic E-state index is 11.1. The van der Waals surface area contributed by atoms with Gasteiger partial charge >= 0.3 is 0 Å². The van der Waals surface area contributed by atoms with Gasteiger partial charge in [-0.1, -0.05) is 0 Å². The van der Waals surface area contributed by atoms with Crippen molar-refractivity contribution < 1.29 is 0 Å². The first-order valence-corrected chi connectivity index (χ1v) is 4.20. The molecule has 0 aliphatic heterocycles. The molecule has 0 saturated heterocycles. The van der Waals surface area contributed by atoms with Gasteiger partial charge in [0.2, 0.25) is 0 Å². The zero-order chi connectivity index (χ0) is 9.84. The van der Waals surface area contributed by atoms with E-state index in [0.717, 1.165) is 11.4 Å². The summed E-state index contributed by atoms with van der Waals surface area (Å²) in [5.74, 6) is 0. The van der Waals surface area contributed by atoms with Crippen molar-refractivity contribution in [2.24, 2.45) is 0 Å². The van der Waals surface area contributed by atoms with Crippen molar-refractivity contribution in [1.29, 1.82) is 5.26 Å². The lowest BCUT2D eigenvalue weighted by atomic mass is 10.3. The molecule has 0 spiro atoms. The van der Waals surface area contributed by atoms with Crippen LogP contribution in [0.15, 0.2) is 16.9 Å². The summed E-state index contributed by atoms with van der Waals surface area (Å²) in [6.07, 6.45) is 0.477. The van der Waals surface area contributed by atoms with E-state index in [4.69, 9.17) is 5.26 Å². The Labute approximate surface area is 77.2 Å². The molecule has 0 fully saturated rings. The first kappa shape index (κ1) is 9.53. The fourth-order valence-corrected chi connectivity index (χ4v) is 1.40. The maximum Gasteiger partial charge on any atom is 0.182 e. The highest BCUT2D eigenvalue weighted by Gasteiger charge is 1.99. The van der Waals surface area contributed by atoms with Gasteiger partial charge in [0, 0.05) is 30.1 Å². The van der Waals surface area contributed by atoms with Gasteiger partial charge in [-0.3, -0.25) is 4.79 Å². The number of hydrogen-bond donors (Lipinski definition) is 0. The summed E-state index contributed by atoms with van der Waals surface area (Å²) in [4.78, 5) is 11.1. The first-order chi connectivity index (χ1) is 6.15. The summed E-state index contributed by atoms with van der Waals surface area (Å²) in [7, 11) is 0. The Hall–Kier alpha value is -1.56. The average molecular weight is 176 g/mol. The molecule has 0 atom stereocenters. The summed E-state index contributed by atoms with van der Waals surface area (Å²) >= 11 is 0. The van der Waals surface area contributed by atoms with Crippen LogP contribution in [0.1, 0.15) is 17.8 Å². The standard InChI is InChI=1S/C10H12N2O/c1-8-6-10(13)7-9(2)12(8)5-3-4-11/h6-7H,3,5H2,1-2H3. The van der Waals surface area contributed by atoms with Crippen LogP contribution in [-0.2, 0) is 6.54 Å². The Morgan fingerprint density at radius 3 is 2.38 bits per heavy atom. The van der Waals surface area contributed by atoms with E-state index in [1.165, 1.54) is 0 Å². The normalized spacial score (nSPS) is 9.62. The fourth-order valence-electron chi connectivity index (χ4n) is 1.40. The van der Waals surface area contributed by atoms with E-state index in [2.05, 4.69) is 6.07 Å². The minimum absolute atomic E-state index is 0.0307. The van der Waals surface area contributed by atoms with Gasteiger partial charge in [-0.05, 0) is 13.8 Å². The van der Waals surface area contributed by atoms with E-state index >= 15 is 0 Å². The number of nitriles is 1. The van der Waals surface area contributed by atoms with Crippen LogP contribution < -0.4 is 5.43 Å². The molecule has 1 rings (SSSR count). The summed E-state index contributed by atoms with van der Waals surface area (Å²) in [6, 6.07) is 5.26. The van der Waals surface area contributed by atoms with Gasteiger partial charge in [-0.2, -0.15) is 5.26 Å². The van der Waals surface area contributed by atoms with Crippen LogP contribution in [0, 0.1) is 25.2 Å². The molecule has 3 heteroatoms. The molecule has 0 saturated carbocycles. The summed E-state index contributed by atoms with van der Waals surface area (Å²) in [5.41, 5.74) is 1.86. The molecule has 1 aromatic heterocycles. The van der Waals surface area contributed by atoms with Crippen LogP contribution in [0.4, 0.5) is 0 Å². The minimum atomic E-state index is 0.0307. The third-order valence-corrected chi connectivity index (χ3v) is 2.00. The molecule has 0 N–H and O–H groups in total. The number of pyridine rings is 1. The molecule has 68 valence electrons. The van der Waals surface area contributed by atoms with Crippen LogP contribution >= 0.6 is 0 Å². The quantitative estimate of drug-likeness (QED) is 0.683. The van der Waals surface area contributed by atoms with Gasteiger partial charge in [0.25, 0.3) is 0 Å². The molecule has 0 aromatic carbocycles. The second-order valence-corrected chi connectivity index (χ2v) is 3.03. The molecule has 0 aliphatic rings. The van der Waals surface area contributed by atoms with Crippen LogP contribution in [-0.4, -0.2) is 4.57 Å². The van der Waals surface area contributed by atoms with Gasteiger partial charge in [0.1, 0.15) is 0 Å². The largest absolute Gasteiger partial charge is 0.348 e. The fraction of sp³-hybridized carbons (Fsp3) is 0.400. The highest BCUT2D eigenvalue weighted by molar-refractivity contribution is 5.12. The highest BCUT2D eigenvalue weighted by atomic mass is 16.1. The van der Waals surface area contributed by atoms with Crippen molar-refractivity contribution in [3.05, 3.63) is 33.7 Å². The summed E-state index contributed by atoms with van der Waals surface area (Å²) < 4.78 is 1.98. The van der Waals surface area contributed by atoms with E-state index in [1.54, 1.807) is 12.1 Å². The monoisotopic (exact) mass is 176 g/mol. The molecule has 1 heterocycles. The van der Waals surface area contributed by atoms with Gasteiger partial charge < -0.3 is 4.57 Å². The van der Waals surface area contributed by atoms with E-state index < -0.39 is 0 Å². The second-order valence-electron chi connectivity index (χ2n) is 3.03. The molecule has 0 unspecified atom stereocenters. The highest BCUT2D eigenvalue weighted by Crippen LogP contribution is 2.02. The third-order valence-electron chi connectivity index (χ3n) is 2.00. The molecular formula is C10H12N2O. The predicted octanol–water partition coefficient (Wildman–Crippen LogP) is 1.38. The van der Waals surface area contributed by atoms with Crippen LogP contribution in [0.3, 0.4) is 0 Å². The number of aryl methyl sites for hydroxylation is 2. The number of rotatable bonds is 2.